The van der Waals surface area contributed by atoms with Crippen LogP contribution in [0.1, 0.15) is 47.8 Å². The summed E-state index contributed by atoms with van der Waals surface area (Å²) in [6.07, 6.45) is 0.241. The standard InChI is InChI=1S/C19H22O2/c1-12-8-9-15(13(2)10-12)17(20)16-7-5-6-14-11-19(3,4)21-18(14)16/h5-10,17,20H,11H2,1-4H3. The maximum Gasteiger partial charge on any atom is 0.129 e. The SMILES string of the molecule is Cc1ccc(C(O)c2cccc3c2OC(C)(C)C3)c(C)c1. The summed E-state index contributed by atoms with van der Waals surface area (Å²) in [5.41, 5.74) is 5.12. The fourth-order valence-electron chi connectivity index (χ4n) is 3.15. The van der Waals surface area contributed by atoms with E-state index in [4.69, 9.17) is 4.74 Å². The Morgan fingerprint density at radius 1 is 1.10 bits per heavy atom. The quantitative estimate of drug-likeness (QED) is 0.898. The van der Waals surface area contributed by atoms with E-state index >= 15 is 0 Å². The molecule has 0 saturated carbocycles. The molecule has 1 unspecified atom stereocenters. The fraction of sp³-hybridized carbons (Fsp3) is 0.368. The van der Waals surface area contributed by atoms with Gasteiger partial charge in [0.25, 0.3) is 0 Å². The Bertz CT molecular complexity index is 686. The van der Waals surface area contributed by atoms with Crippen molar-refractivity contribution in [1.29, 1.82) is 0 Å². The van der Waals surface area contributed by atoms with Crippen molar-refractivity contribution in [2.24, 2.45) is 0 Å². The van der Waals surface area contributed by atoms with E-state index in [1.54, 1.807) is 0 Å². The minimum absolute atomic E-state index is 0.194. The van der Waals surface area contributed by atoms with Gasteiger partial charge in [-0.25, -0.2) is 0 Å². The molecular formula is C19H22O2. The Morgan fingerprint density at radius 3 is 2.57 bits per heavy atom. The van der Waals surface area contributed by atoms with Gasteiger partial charge in [-0.1, -0.05) is 42.0 Å². The Kier molecular flexibility index (Phi) is 3.29. The van der Waals surface area contributed by atoms with Gasteiger partial charge in [-0.15, -0.1) is 0 Å². The second-order valence-corrected chi connectivity index (χ2v) is 6.64. The van der Waals surface area contributed by atoms with Crippen LogP contribution in [0.25, 0.3) is 0 Å². The highest BCUT2D eigenvalue weighted by molar-refractivity contribution is 5.50. The number of ether oxygens (including phenoxy) is 1. The summed E-state index contributed by atoms with van der Waals surface area (Å²) in [6, 6.07) is 12.2. The number of benzene rings is 2. The molecule has 0 radical (unpaired) electrons. The third-order valence-electron chi connectivity index (χ3n) is 4.14. The van der Waals surface area contributed by atoms with E-state index in [9.17, 15) is 5.11 Å². The third kappa shape index (κ3) is 2.56. The van der Waals surface area contributed by atoms with Gasteiger partial charge < -0.3 is 9.84 Å². The number of aliphatic hydroxyl groups is 1. The zero-order chi connectivity index (χ0) is 15.2. The molecular weight excluding hydrogens is 260 g/mol. The first-order valence-corrected chi connectivity index (χ1v) is 7.43. The molecule has 1 N–H and O–H groups in total. The lowest BCUT2D eigenvalue weighted by atomic mass is 9.93. The molecule has 0 aromatic heterocycles. The van der Waals surface area contributed by atoms with Gasteiger partial charge in [-0.2, -0.15) is 0 Å². The molecule has 0 aliphatic carbocycles. The summed E-state index contributed by atoms with van der Waals surface area (Å²) in [7, 11) is 0. The minimum atomic E-state index is -0.644. The first-order chi connectivity index (χ1) is 9.87. The van der Waals surface area contributed by atoms with Crippen molar-refractivity contribution >= 4 is 0 Å². The molecule has 110 valence electrons. The molecule has 1 heterocycles. The first-order valence-electron chi connectivity index (χ1n) is 7.43. The molecule has 0 amide bonds. The highest BCUT2D eigenvalue weighted by atomic mass is 16.5. The molecule has 1 atom stereocenters. The van der Waals surface area contributed by atoms with Crippen LogP contribution in [0.15, 0.2) is 36.4 Å². The molecule has 2 aromatic carbocycles. The second kappa shape index (κ2) is 4.88. The van der Waals surface area contributed by atoms with Crippen molar-refractivity contribution in [2.45, 2.75) is 45.8 Å². The van der Waals surface area contributed by atoms with Gasteiger partial charge in [0.05, 0.1) is 0 Å². The van der Waals surface area contributed by atoms with Gasteiger partial charge in [0.2, 0.25) is 0 Å². The van der Waals surface area contributed by atoms with Crippen LogP contribution in [-0.4, -0.2) is 10.7 Å². The molecule has 0 bridgehead atoms. The lowest BCUT2D eigenvalue weighted by Crippen LogP contribution is -2.25. The molecule has 0 saturated heterocycles. The number of para-hydroxylation sites is 1. The van der Waals surface area contributed by atoms with E-state index in [0.29, 0.717) is 0 Å². The Balaban J connectivity index is 2.04. The van der Waals surface area contributed by atoms with Crippen molar-refractivity contribution in [3.8, 4) is 5.75 Å². The van der Waals surface area contributed by atoms with Gasteiger partial charge in [0.1, 0.15) is 17.5 Å². The zero-order valence-corrected chi connectivity index (χ0v) is 13.1. The first kappa shape index (κ1) is 14.2. The van der Waals surface area contributed by atoms with Crippen molar-refractivity contribution in [2.75, 3.05) is 0 Å². The predicted molar refractivity (Wildman–Crippen MR) is 84.8 cm³/mol. The predicted octanol–water partition coefficient (Wildman–Crippen LogP) is 4.10. The van der Waals surface area contributed by atoms with Crippen LogP contribution in [0.3, 0.4) is 0 Å². The number of hydrogen-bond donors (Lipinski definition) is 1. The van der Waals surface area contributed by atoms with E-state index in [2.05, 4.69) is 32.9 Å². The highest BCUT2D eigenvalue weighted by Gasteiger charge is 2.33. The highest BCUT2D eigenvalue weighted by Crippen LogP contribution is 2.41. The monoisotopic (exact) mass is 282 g/mol. The number of hydrogen-bond acceptors (Lipinski definition) is 2. The maximum atomic E-state index is 10.8. The summed E-state index contributed by atoms with van der Waals surface area (Å²) >= 11 is 0. The van der Waals surface area contributed by atoms with Crippen LogP contribution in [-0.2, 0) is 6.42 Å². The molecule has 3 rings (SSSR count). The third-order valence-corrected chi connectivity index (χ3v) is 4.14. The molecule has 2 heteroatoms. The number of fused-ring (bicyclic) bond motifs is 1. The van der Waals surface area contributed by atoms with E-state index in [1.165, 1.54) is 11.1 Å². The topological polar surface area (TPSA) is 29.5 Å². The summed E-state index contributed by atoms with van der Waals surface area (Å²) in [6.45, 7) is 8.27. The summed E-state index contributed by atoms with van der Waals surface area (Å²) in [5.74, 6) is 0.856. The van der Waals surface area contributed by atoms with Gasteiger partial charge in [0, 0.05) is 12.0 Å². The van der Waals surface area contributed by atoms with Crippen LogP contribution in [0.5, 0.6) is 5.75 Å². The molecule has 21 heavy (non-hydrogen) atoms. The van der Waals surface area contributed by atoms with E-state index in [1.807, 2.05) is 31.2 Å². The van der Waals surface area contributed by atoms with Gasteiger partial charge in [-0.05, 0) is 44.4 Å². The minimum Gasteiger partial charge on any atom is -0.487 e. The lowest BCUT2D eigenvalue weighted by molar-refractivity contribution is 0.131. The van der Waals surface area contributed by atoms with Crippen molar-refractivity contribution < 1.29 is 9.84 Å². The van der Waals surface area contributed by atoms with Crippen LogP contribution in [0.2, 0.25) is 0 Å². The lowest BCUT2D eigenvalue weighted by Gasteiger charge is -2.21. The zero-order valence-electron chi connectivity index (χ0n) is 13.1. The van der Waals surface area contributed by atoms with Crippen LogP contribution in [0, 0.1) is 13.8 Å². The maximum absolute atomic E-state index is 10.8. The number of rotatable bonds is 2. The Morgan fingerprint density at radius 2 is 1.86 bits per heavy atom. The fourth-order valence-corrected chi connectivity index (χ4v) is 3.15. The Hall–Kier alpha value is -1.80. The van der Waals surface area contributed by atoms with Crippen LogP contribution < -0.4 is 4.74 Å². The molecule has 1 aliphatic heterocycles. The van der Waals surface area contributed by atoms with E-state index in [0.717, 1.165) is 28.9 Å². The normalized spacial score (nSPS) is 17.2. The van der Waals surface area contributed by atoms with Crippen LogP contribution in [0.4, 0.5) is 0 Å². The number of aliphatic hydroxyl groups excluding tert-OH is 1. The van der Waals surface area contributed by atoms with Crippen molar-refractivity contribution in [3.05, 3.63) is 64.2 Å². The summed E-state index contributed by atoms with van der Waals surface area (Å²) in [4.78, 5) is 0. The molecule has 2 aromatic rings. The smallest absolute Gasteiger partial charge is 0.129 e. The van der Waals surface area contributed by atoms with Crippen molar-refractivity contribution in [1.82, 2.24) is 0 Å². The second-order valence-electron chi connectivity index (χ2n) is 6.64. The average Bonchev–Trinajstić information content (AvgIpc) is 2.71. The molecule has 2 nitrogen and oxygen atoms in total. The molecule has 0 fully saturated rings. The van der Waals surface area contributed by atoms with Gasteiger partial charge in [-0.3, -0.25) is 0 Å². The number of aryl methyl sites for hydroxylation is 2. The van der Waals surface area contributed by atoms with E-state index in [-0.39, 0.29) is 5.60 Å². The van der Waals surface area contributed by atoms with Gasteiger partial charge in [0.15, 0.2) is 0 Å². The summed E-state index contributed by atoms with van der Waals surface area (Å²) in [5, 5.41) is 10.8. The van der Waals surface area contributed by atoms with Gasteiger partial charge >= 0.3 is 0 Å². The Labute approximate surface area is 126 Å². The van der Waals surface area contributed by atoms with Crippen LogP contribution >= 0.6 is 0 Å². The average molecular weight is 282 g/mol. The molecule has 1 aliphatic rings. The largest absolute Gasteiger partial charge is 0.487 e. The van der Waals surface area contributed by atoms with E-state index < -0.39 is 6.10 Å². The summed E-state index contributed by atoms with van der Waals surface area (Å²) < 4.78 is 6.07. The van der Waals surface area contributed by atoms with Crippen molar-refractivity contribution in [3.63, 3.8) is 0 Å². The molecule has 0 spiro atoms.